The summed E-state index contributed by atoms with van der Waals surface area (Å²) in [6.45, 7) is 5.53. The van der Waals surface area contributed by atoms with Gasteiger partial charge in [-0.1, -0.05) is 22.9 Å². The SMILES string of the molecule is CC(CBr)CN1CCCC(C#N)C1. The Bertz CT molecular complexity index is 188. The molecule has 0 radical (unpaired) electrons. The van der Waals surface area contributed by atoms with Crippen LogP contribution >= 0.6 is 15.9 Å². The molecule has 0 aromatic rings. The zero-order chi connectivity index (χ0) is 9.68. The Morgan fingerprint density at radius 2 is 2.46 bits per heavy atom. The lowest BCUT2D eigenvalue weighted by atomic mass is 9.99. The fraction of sp³-hybridized carbons (Fsp3) is 0.900. The molecule has 74 valence electrons. The molecule has 0 N–H and O–H groups in total. The number of rotatable bonds is 3. The van der Waals surface area contributed by atoms with E-state index in [4.69, 9.17) is 5.26 Å². The van der Waals surface area contributed by atoms with Crippen LogP contribution in [0, 0.1) is 23.2 Å². The van der Waals surface area contributed by atoms with E-state index in [1.165, 1.54) is 13.0 Å². The van der Waals surface area contributed by atoms with Crippen LogP contribution in [0.15, 0.2) is 0 Å². The third-order valence-electron chi connectivity index (χ3n) is 2.52. The van der Waals surface area contributed by atoms with Crippen molar-refractivity contribution >= 4 is 15.9 Å². The van der Waals surface area contributed by atoms with E-state index in [0.717, 1.165) is 24.8 Å². The molecule has 0 amide bonds. The second-order valence-electron chi connectivity index (χ2n) is 3.99. The Morgan fingerprint density at radius 1 is 1.69 bits per heavy atom. The number of nitriles is 1. The van der Waals surface area contributed by atoms with E-state index in [9.17, 15) is 0 Å². The highest BCUT2D eigenvalue weighted by Crippen LogP contribution is 2.16. The number of halogens is 1. The van der Waals surface area contributed by atoms with Crippen LogP contribution in [0.5, 0.6) is 0 Å². The molecule has 2 nitrogen and oxygen atoms in total. The van der Waals surface area contributed by atoms with Gasteiger partial charge in [0.05, 0.1) is 12.0 Å². The molecule has 1 rings (SSSR count). The van der Waals surface area contributed by atoms with Gasteiger partial charge in [0.25, 0.3) is 0 Å². The van der Waals surface area contributed by atoms with Gasteiger partial charge in [-0.2, -0.15) is 5.26 Å². The van der Waals surface area contributed by atoms with Gasteiger partial charge in [0.15, 0.2) is 0 Å². The molecule has 0 aromatic heterocycles. The summed E-state index contributed by atoms with van der Waals surface area (Å²) in [6.07, 6.45) is 2.28. The summed E-state index contributed by atoms with van der Waals surface area (Å²) in [5.74, 6) is 0.966. The van der Waals surface area contributed by atoms with E-state index >= 15 is 0 Å². The largest absolute Gasteiger partial charge is 0.302 e. The molecule has 1 fully saturated rings. The van der Waals surface area contributed by atoms with Crippen molar-refractivity contribution in [2.45, 2.75) is 19.8 Å². The smallest absolute Gasteiger partial charge is 0.0669 e. The highest BCUT2D eigenvalue weighted by atomic mass is 79.9. The van der Waals surface area contributed by atoms with E-state index in [-0.39, 0.29) is 5.92 Å². The van der Waals surface area contributed by atoms with Crippen LogP contribution in [0.3, 0.4) is 0 Å². The van der Waals surface area contributed by atoms with Gasteiger partial charge in [-0.25, -0.2) is 0 Å². The van der Waals surface area contributed by atoms with Crippen LogP contribution < -0.4 is 0 Å². The van der Waals surface area contributed by atoms with E-state index in [0.29, 0.717) is 5.92 Å². The summed E-state index contributed by atoms with van der Waals surface area (Å²) in [5, 5.41) is 9.87. The molecular weight excluding hydrogens is 228 g/mol. The summed E-state index contributed by atoms with van der Waals surface area (Å²) in [6, 6.07) is 2.37. The Morgan fingerprint density at radius 3 is 3.08 bits per heavy atom. The molecule has 1 saturated heterocycles. The number of hydrogen-bond acceptors (Lipinski definition) is 2. The fourth-order valence-electron chi connectivity index (χ4n) is 1.82. The van der Waals surface area contributed by atoms with E-state index in [1.54, 1.807) is 0 Å². The maximum Gasteiger partial charge on any atom is 0.0669 e. The van der Waals surface area contributed by atoms with Gasteiger partial charge in [0.2, 0.25) is 0 Å². The van der Waals surface area contributed by atoms with Crippen molar-refractivity contribution in [3.8, 4) is 6.07 Å². The van der Waals surface area contributed by atoms with Gasteiger partial charge < -0.3 is 4.90 Å². The molecule has 0 aromatic carbocycles. The number of nitrogens with zero attached hydrogens (tertiary/aromatic N) is 2. The molecule has 3 heteroatoms. The van der Waals surface area contributed by atoms with Gasteiger partial charge in [-0.3, -0.25) is 0 Å². The molecule has 13 heavy (non-hydrogen) atoms. The third-order valence-corrected chi connectivity index (χ3v) is 3.63. The van der Waals surface area contributed by atoms with Crippen LogP contribution in [-0.2, 0) is 0 Å². The first-order valence-electron chi connectivity index (χ1n) is 4.94. The predicted molar refractivity (Wildman–Crippen MR) is 57.7 cm³/mol. The minimum Gasteiger partial charge on any atom is -0.302 e. The quantitative estimate of drug-likeness (QED) is 0.713. The average molecular weight is 245 g/mol. The van der Waals surface area contributed by atoms with Crippen molar-refractivity contribution in [1.29, 1.82) is 5.26 Å². The molecule has 2 atom stereocenters. The minimum absolute atomic E-state index is 0.274. The topological polar surface area (TPSA) is 27.0 Å². The summed E-state index contributed by atoms with van der Waals surface area (Å²) < 4.78 is 0. The first kappa shape index (κ1) is 11.0. The average Bonchev–Trinajstić information content (AvgIpc) is 2.18. The summed E-state index contributed by atoms with van der Waals surface area (Å²) in [7, 11) is 0. The molecule has 0 spiro atoms. The summed E-state index contributed by atoms with van der Waals surface area (Å²) in [5.41, 5.74) is 0. The molecule has 2 unspecified atom stereocenters. The van der Waals surface area contributed by atoms with Crippen molar-refractivity contribution in [1.82, 2.24) is 4.90 Å². The van der Waals surface area contributed by atoms with Crippen LogP contribution in [0.2, 0.25) is 0 Å². The van der Waals surface area contributed by atoms with Crippen molar-refractivity contribution in [3.05, 3.63) is 0 Å². The van der Waals surface area contributed by atoms with Crippen LogP contribution in [-0.4, -0.2) is 29.9 Å². The molecule has 1 heterocycles. The summed E-state index contributed by atoms with van der Waals surface area (Å²) in [4.78, 5) is 2.42. The maximum absolute atomic E-state index is 8.81. The van der Waals surface area contributed by atoms with Gasteiger partial charge in [0.1, 0.15) is 0 Å². The summed E-state index contributed by atoms with van der Waals surface area (Å²) >= 11 is 3.48. The van der Waals surface area contributed by atoms with Crippen molar-refractivity contribution in [2.24, 2.45) is 11.8 Å². The van der Waals surface area contributed by atoms with Gasteiger partial charge in [-0.15, -0.1) is 0 Å². The molecule has 0 bridgehead atoms. The molecule has 1 aliphatic rings. The molecule has 1 aliphatic heterocycles. The van der Waals surface area contributed by atoms with Crippen LogP contribution in [0.4, 0.5) is 0 Å². The molecule has 0 aliphatic carbocycles. The third kappa shape index (κ3) is 3.66. The van der Waals surface area contributed by atoms with E-state index < -0.39 is 0 Å². The van der Waals surface area contributed by atoms with Crippen LogP contribution in [0.25, 0.3) is 0 Å². The monoisotopic (exact) mass is 244 g/mol. The van der Waals surface area contributed by atoms with Gasteiger partial charge in [-0.05, 0) is 25.3 Å². The second kappa shape index (κ2) is 5.62. The first-order chi connectivity index (χ1) is 6.26. The Balaban J connectivity index is 2.30. The highest BCUT2D eigenvalue weighted by molar-refractivity contribution is 9.09. The zero-order valence-corrected chi connectivity index (χ0v) is 9.76. The Kier molecular flexibility index (Phi) is 4.76. The fourth-order valence-corrected chi connectivity index (χ4v) is 2.02. The Labute approximate surface area is 89.0 Å². The number of likely N-dealkylation sites (tertiary alicyclic amines) is 1. The lowest BCUT2D eigenvalue weighted by molar-refractivity contribution is 0.182. The van der Waals surface area contributed by atoms with Crippen molar-refractivity contribution < 1.29 is 0 Å². The maximum atomic E-state index is 8.81. The normalized spacial score (nSPS) is 26.7. The highest BCUT2D eigenvalue weighted by Gasteiger charge is 2.20. The van der Waals surface area contributed by atoms with Crippen molar-refractivity contribution in [3.63, 3.8) is 0 Å². The number of piperidine rings is 1. The van der Waals surface area contributed by atoms with Gasteiger partial charge in [0, 0.05) is 18.4 Å². The lowest BCUT2D eigenvalue weighted by Gasteiger charge is -2.31. The Hall–Kier alpha value is -0.0700. The van der Waals surface area contributed by atoms with Gasteiger partial charge >= 0.3 is 0 Å². The lowest BCUT2D eigenvalue weighted by Crippen LogP contribution is -2.37. The van der Waals surface area contributed by atoms with Crippen LogP contribution in [0.1, 0.15) is 19.8 Å². The number of hydrogen-bond donors (Lipinski definition) is 0. The predicted octanol–water partition coefficient (Wildman–Crippen LogP) is 2.25. The van der Waals surface area contributed by atoms with E-state index in [2.05, 4.69) is 33.8 Å². The minimum atomic E-state index is 0.274. The van der Waals surface area contributed by atoms with E-state index in [1.807, 2.05) is 0 Å². The molecule has 0 saturated carbocycles. The first-order valence-corrected chi connectivity index (χ1v) is 6.06. The molecular formula is C10H17BrN2. The van der Waals surface area contributed by atoms with Crippen molar-refractivity contribution in [2.75, 3.05) is 25.0 Å². The zero-order valence-electron chi connectivity index (χ0n) is 8.17. The second-order valence-corrected chi connectivity index (χ2v) is 4.63. The standard InChI is InChI=1S/C10H17BrN2/c1-9(5-11)7-13-4-2-3-10(6-12)8-13/h9-10H,2-5,7-8H2,1H3. The number of alkyl halides is 1.